The van der Waals surface area contributed by atoms with Crippen LogP contribution in [0.25, 0.3) is 11.3 Å². The maximum absolute atomic E-state index is 13.8. The zero-order valence-corrected chi connectivity index (χ0v) is 22.3. The van der Waals surface area contributed by atoms with Crippen molar-refractivity contribution in [1.29, 1.82) is 0 Å². The maximum Gasteiger partial charge on any atom is 0.417 e. The molecule has 2 aromatic heterocycles. The Kier molecular flexibility index (Phi) is 6.74. The fourth-order valence-electron chi connectivity index (χ4n) is 6.62. The Morgan fingerprint density at radius 1 is 1.20 bits per heavy atom. The molecule has 6 rings (SSSR count). The summed E-state index contributed by atoms with van der Waals surface area (Å²) in [5.74, 6) is 0.837. The number of carboxylic acids is 1. The van der Waals surface area contributed by atoms with Crippen LogP contribution in [0.3, 0.4) is 0 Å². The normalized spacial score (nSPS) is 19.1. The first-order valence-electron chi connectivity index (χ1n) is 13.9. The second-order valence-electron chi connectivity index (χ2n) is 11.4. The summed E-state index contributed by atoms with van der Waals surface area (Å²) in [4.78, 5) is 17.7. The molecule has 2 aliphatic carbocycles. The highest BCUT2D eigenvalue weighted by atomic mass is 19.4. The molecule has 2 saturated carbocycles. The molecular formula is C30H32F3N3O4. The van der Waals surface area contributed by atoms with E-state index in [9.17, 15) is 23.1 Å². The zero-order valence-electron chi connectivity index (χ0n) is 22.3. The SMILES string of the molecule is CCOc1cc(C(=O)O)ncc1N1CCC2(CC1)CC(Cc1c(-c3ccccc3C(F)(F)F)noc1C1CC1)C2. The summed E-state index contributed by atoms with van der Waals surface area (Å²) in [6.45, 7) is 3.91. The second kappa shape index (κ2) is 10.1. The van der Waals surface area contributed by atoms with E-state index in [0.717, 1.165) is 74.7 Å². The lowest BCUT2D eigenvalue weighted by Crippen LogP contribution is -2.47. The third-order valence-electron chi connectivity index (χ3n) is 8.72. The molecule has 3 aromatic rings. The van der Waals surface area contributed by atoms with Crippen molar-refractivity contribution in [2.75, 3.05) is 24.6 Å². The van der Waals surface area contributed by atoms with Gasteiger partial charge in [0, 0.05) is 36.2 Å². The van der Waals surface area contributed by atoms with Crippen LogP contribution in [0.5, 0.6) is 5.75 Å². The molecule has 1 aliphatic heterocycles. The summed E-state index contributed by atoms with van der Waals surface area (Å²) < 4.78 is 52.8. The number of hydrogen-bond acceptors (Lipinski definition) is 6. The Hall–Kier alpha value is -3.56. The van der Waals surface area contributed by atoms with Gasteiger partial charge in [-0.15, -0.1) is 0 Å². The van der Waals surface area contributed by atoms with Gasteiger partial charge in [-0.05, 0) is 69.3 Å². The van der Waals surface area contributed by atoms with Crippen molar-refractivity contribution in [2.24, 2.45) is 11.3 Å². The first-order chi connectivity index (χ1) is 19.2. The van der Waals surface area contributed by atoms with E-state index in [2.05, 4.69) is 15.0 Å². The predicted molar refractivity (Wildman–Crippen MR) is 142 cm³/mol. The number of alkyl halides is 3. The van der Waals surface area contributed by atoms with Crippen LogP contribution in [0.15, 0.2) is 41.1 Å². The lowest BCUT2D eigenvalue weighted by atomic mass is 9.56. The third kappa shape index (κ3) is 5.04. The number of nitrogens with zero attached hydrogens (tertiary/aromatic N) is 3. The van der Waals surface area contributed by atoms with E-state index in [1.165, 1.54) is 18.2 Å². The monoisotopic (exact) mass is 555 g/mol. The topological polar surface area (TPSA) is 88.7 Å². The molecule has 3 aliphatic rings. The lowest BCUT2D eigenvalue weighted by molar-refractivity contribution is -0.137. The summed E-state index contributed by atoms with van der Waals surface area (Å²) in [7, 11) is 0. The van der Waals surface area contributed by atoms with Gasteiger partial charge in [0.2, 0.25) is 0 Å². The van der Waals surface area contributed by atoms with Crippen molar-refractivity contribution < 1.29 is 32.3 Å². The van der Waals surface area contributed by atoms with Crippen LogP contribution in [-0.4, -0.2) is 40.9 Å². The first-order valence-corrected chi connectivity index (χ1v) is 13.9. The van der Waals surface area contributed by atoms with Gasteiger partial charge in [-0.2, -0.15) is 13.2 Å². The van der Waals surface area contributed by atoms with Gasteiger partial charge in [-0.3, -0.25) is 0 Å². The molecular weight excluding hydrogens is 523 g/mol. The van der Waals surface area contributed by atoms with Crippen molar-refractivity contribution in [1.82, 2.24) is 10.1 Å². The molecule has 0 bridgehead atoms. The van der Waals surface area contributed by atoms with E-state index in [1.807, 2.05) is 6.92 Å². The summed E-state index contributed by atoms with van der Waals surface area (Å²) >= 11 is 0. The van der Waals surface area contributed by atoms with Gasteiger partial charge < -0.3 is 19.3 Å². The number of aromatic carboxylic acids is 1. The van der Waals surface area contributed by atoms with Gasteiger partial charge in [0.15, 0.2) is 5.69 Å². The Bertz CT molecular complexity index is 1400. The number of aromatic nitrogens is 2. The zero-order chi connectivity index (χ0) is 28.1. The average Bonchev–Trinajstić information content (AvgIpc) is 3.67. The predicted octanol–water partition coefficient (Wildman–Crippen LogP) is 6.97. The molecule has 7 nitrogen and oxygen atoms in total. The number of pyridine rings is 1. The number of carboxylic acid groups (broad SMARTS) is 1. The Labute approximate surface area is 230 Å². The molecule has 0 atom stereocenters. The number of ether oxygens (including phenoxy) is 1. The largest absolute Gasteiger partial charge is 0.492 e. The molecule has 10 heteroatoms. The van der Waals surface area contributed by atoms with Crippen LogP contribution in [0, 0.1) is 11.3 Å². The number of anilines is 1. The maximum atomic E-state index is 13.8. The van der Waals surface area contributed by atoms with E-state index < -0.39 is 17.7 Å². The Morgan fingerprint density at radius 2 is 1.93 bits per heavy atom. The molecule has 1 saturated heterocycles. The fraction of sp³-hybridized carbons (Fsp3) is 0.500. The third-order valence-corrected chi connectivity index (χ3v) is 8.72. The van der Waals surface area contributed by atoms with Crippen LogP contribution in [-0.2, 0) is 12.6 Å². The van der Waals surface area contributed by atoms with E-state index in [4.69, 9.17) is 9.26 Å². The molecule has 0 amide bonds. The van der Waals surface area contributed by atoms with Crippen LogP contribution in [0.1, 0.15) is 78.7 Å². The van der Waals surface area contributed by atoms with Gasteiger partial charge in [0.1, 0.15) is 17.2 Å². The minimum atomic E-state index is -4.47. The van der Waals surface area contributed by atoms with Gasteiger partial charge in [0.25, 0.3) is 0 Å². The number of benzene rings is 1. The summed E-state index contributed by atoms with van der Waals surface area (Å²) in [6, 6.07) is 7.11. The number of carbonyl (C=O) groups is 1. The van der Waals surface area contributed by atoms with Crippen LogP contribution >= 0.6 is 0 Å². The van der Waals surface area contributed by atoms with E-state index in [1.54, 1.807) is 12.3 Å². The van der Waals surface area contributed by atoms with Gasteiger partial charge in [-0.1, -0.05) is 23.4 Å². The van der Waals surface area contributed by atoms with E-state index in [-0.39, 0.29) is 22.6 Å². The van der Waals surface area contributed by atoms with E-state index >= 15 is 0 Å². The van der Waals surface area contributed by atoms with Crippen LogP contribution < -0.4 is 9.64 Å². The highest BCUT2D eigenvalue weighted by Gasteiger charge is 2.47. The van der Waals surface area contributed by atoms with Gasteiger partial charge in [0.05, 0.1) is 24.1 Å². The summed E-state index contributed by atoms with van der Waals surface area (Å²) in [6.07, 6.45) is 3.77. The molecule has 1 aromatic carbocycles. The molecule has 0 radical (unpaired) electrons. The molecule has 0 unspecified atom stereocenters. The molecule has 212 valence electrons. The Morgan fingerprint density at radius 3 is 2.58 bits per heavy atom. The quantitative estimate of drug-likeness (QED) is 0.321. The summed E-state index contributed by atoms with van der Waals surface area (Å²) in [5, 5.41) is 13.5. The standard InChI is InChI=1S/C30H32F3N3O4/c1-2-39-25-14-23(28(37)38)34-17-24(25)36-11-9-29(10-12-36)15-18(16-29)13-21-26(35-40-27(21)19-7-8-19)20-5-3-4-6-22(20)30(31,32)33/h3-6,14,17-19H,2,7-13,15-16H2,1H3,(H,37,38). The highest BCUT2D eigenvalue weighted by molar-refractivity contribution is 5.86. The van der Waals surface area contributed by atoms with Crippen molar-refractivity contribution in [3.05, 3.63) is 59.1 Å². The molecule has 1 N–H and O–H groups in total. The van der Waals surface area contributed by atoms with Crippen molar-refractivity contribution in [3.63, 3.8) is 0 Å². The van der Waals surface area contributed by atoms with Crippen LogP contribution in [0.4, 0.5) is 18.9 Å². The van der Waals surface area contributed by atoms with Gasteiger partial charge >= 0.3 is 12.1 Å². The Balaban J connectivity index is 1.15. The molecule has 1 spiro atoms. The highest BCUT2D eigenvalue weighted by Crippen LogP contribution is 2.56. The van der Waals surface area contributed by atoms with Crippen molar-refractivity contribution in [3.8, 4) is 17.0 Å². The smallest absolute Gasteiger partial charge is 0.417 e. The van der Waals surface area contributed by atoms with E-state index in [0.29, 0.717) is 30.4 Å². The average molecular weight is 556 g/mol. The first kappa shape index (κ1) is 26.7. The minimum absolute atomic E-state index is 0.0426. The molecule has 3 heterocycles. The molecule has 40 heavy (non-hydrogen) atoms. The van der Waals surface area contributed by atoms with Crippen molar-refractivity contribution >= 4 is 11.7 Å². The minimum Gasteiger partial charge on any atom is -0.492 e. The lowest BCUT2D eigenvalue weighted by Gasteiger charge is -2.53. The number of piperidine rings is 1. The molecule has 3 fully saturated rings. The number of hydrogen-bond donors (Lipinski definition) is 1. The van der Waals surface area contributed by atoms with Crippen molar-refractivity contribution in [2.45, 2.75) is 64.0 Å². The van der Waals surface area contributed by atoms with Crippen LogP contribution in [0.2, 0.25) is 0 Å². The summed E-state index contributed by atoms with van der Waals surface area (Å²) in [5.41, 5.74) is 1.58. The fourth-order valence-corrected chi connectivity index (χ4v) is 6.62. The number of halogens is 3. The number of rotatable bonds is 8. The van der Waals surface area contributed by atoms with Gasteiger partial charge in [-0.25, -0.2) is 9.78 Å². The second-order valence-corrected chi connectivity index (χ2v) is 11.4.